The van der Waals surface area contributed by atoms with Crippen LogP contribution in [0.5, 0.6) is 0 Å². The predicted molar refractivity (Wildman–Crippen MR) is 82.4 cm³/mol. The predicted octanol–water partition coefficient (Wildman–Crippen LogP) is 3.08. The van der Waals surface area contributed by atoms with Crippen molar-refractivity contribution in [3.63, 3.8) is 0 Å². The number of likely N-dealkylation sites (tertiary alicyclic amines) is 1. The molecule has 4 nitrogen and oxygen atoms in total. The Hall–Kier alpha value is -1.55. The monoisotopic (exact) mass is 291 g/mol. The first-order chi connectivity index (χ1) is 9.78. The van der Waals surface area contributed by atoms with Gasteiger partial charge in [0.2, 0.25) is 0 Å². The van der Waals surface area contributed by atoms with Crippen LogP contribution in [-0.2, 0) is 4.74 Å². The molecular weight excluding hydrogens is 266 g/mol. The number of hydrogen-bond acceptors (Lipinski definition) is 3. The van der Waals surface area contributed by atoms with Crippen LogP contribution in [0.3, 0.4) is 0 Å². The maximum absolute atomic E-state index is 12.1. The van der Waals surface area contributed by atoms with Gasteiger partial charge in [-0.2, -0.15) is 0 Å². The van der Waals surface area contributed by atoms with Crippen LogP contribution in [0.2, 0.25) is 0 Å². The van der Waals surface area contributed by atoms with Gasteiger partial charge in [-0.3, -0.25) is 0 Å². The first-order valence-corrected chi connectivity index (χ1v) is 7.49. The van der Waals surface area contributed by atoms with Crippen LogP contribution in [0.15, 0.2) is 24.3 Å². The van der Waals surface area contributed by atoms with E-state index in [2.05, 4.69) is 19.1 Å². The van der Waals surface area contributed by atoms with Crippen molar-refractivity contribution in [2.45, 2.75) is 51.7 Å². The quantitative estimate of drug-likeness (QED) is 0.865. The molecule has 0 saturated carbocycles. The van der Waals surface area contributed by atoms with E-state index in [-0.39, 0.29) is 12.0 Å². The summed E-state index contributed by atoms with van der Waals surface area (Å²) < 4.78 is 5.37. The first-order valence-electron chi connectivity index (χ1n) is 7.49. The summed E-state index contributed by atoms with van der Waals surface area (Å²) in [6, 6.07) is 8.12. The molecule has 1 aliphatic heterocycles. The number of β-amino-alcohol motifs (C(OH)–C–C–N with tert-alkyl or cyclic N) is 1. The maximum Gasteiger partial charge on any atom is 0.410 e. The van der Waals surface area contributed by atoms with Crippen LogP contribution >= 0.6 is 0 Å². The zero-order valence-corrected chi connectivity index (χ0v) is 13.3. The van der Waals surface area contributed by atoms with Crippen molar-refractivity contribution < 1.29 is 14.6 Å². The van der Waals surface area contributed by atoms with E-state index in [0.29, 0.717) is 13.1 Å². The SMILES string of the molecule is Cc1ccccc1[C@@H]1CCN(C(=O)OC(C)(C)C)C[C@@H]1O. The van der Waals surface area contributed by atoms with Gasteiger partial charge in [0.25, 0.3) is 0 Å². The molecule has 1 N–H and O–H groups in total. The number of hydrogen-bond donors (Lipinski definition) is 1. The van der Waals surface area contributed by atoms with Crippen molar-refractivity contribution in [3.05, 3.63) is 35.4 Å². The van der Waals surface area contributed by atoms with Crippen LogP contribution in [-0.4, -0.2) is 40.9 Å². The average Bonchev–Trinajstić information content (AvgIpc) is 2.38. The standard InChI is InChI=1S/C17H25NO3/c1-12-7-5-6-8-13(12)14-9-10-18(11-15(14)19)16(20)21-17(2,3)4/h5-8,14-15,19H,9-11H2,1-4H3/t14-,15-/m0/s1. The van der Waals surface area contributed by atoms with Gasteiger partial charge < -0.3 is 14.7 Å². The molecular formula is C17H25NO3. The van der Waals surface area contributed by atoms with Crippen LogP contribution < -0.4 is 0 Å². The van der Waals surface area contributed by atoms with Gasteiger partial charge in [0, 0.05) is 12.5 Å². The molecule has 116 valence electrons. The number of aliphatic hydroxyl groups is 1. The van der Waals surface area contributed by atoms with Crippen LogP contribution in [0.1, 0.15) is 44.2 Å². The van der Waals surface area contributed by atoms with E-state index in [1.165, 1.54) is 11.1 Å². The van der Waals surface area contributed by atoms with Gasteiger partial charge in [0.05, 0.1) is 12.6 Å². The average molecular weight is 291 g/mol. The third-order valence-corrected chi connectivity index (χ3v) is 3.82. The highest BCUT2D eigenvalue weighted by Crippen LogP contribution is 2.31. The summed E-state index contributed by atoms with van der Waals surface area (Å²) >= 11 is 0. The molecule has 0 radical (unpaired) electrons. The minimum atomic E-state index is -0.549. The number of amides is 1. The molecule has 1 saturated heterocycles. The molecule has 1 aromatic rings. The molecule has 2 rings (SSSR count). The van der Waals surface area contributed by atoms with Gasteiger partial charge in [-0.15, -0.1) is 0 Å². The lowest BCUT2D eigenvalue weighted by molar-refractivity contribution is -0.00156. The molecule has 0 bridgehead atoms. The second-order valence-corrected chi connectivity index (χ2v) is 6.75. The molecule has 0 unspecified atom stereocenters. The molecule has 21 heavy (non-hydrogen) atoms. The topological polar surface area (TPSA) is 49.8 Å². The fraction of sp³-hybridized carbons (Fsp3) is 0.588. The minimum Gasteiger partial charge on any atom is -0.444 e. The molecule has 1 fully saturated rings. The second-order valence-electron chi connectivity index (χ2n) is 6.75. The third-order valence-electron chi connectivity index (χ3n) is 3.82. The fourth-order valence-corrected chi connectivity index (χ4v) is 2.79. The lowest BCUT2D eigenvalue weighted by Crippen LogP contribution is -2.47. The Kier molecular flexibility index (Phi) is 4.57. The zero-order chi connectivity index (χ0) is 15.6. The van der Waals surface area contributed by atoms with E-state index < -0.39 is 11.7 Å². The fourth-order valence-electron chi connectivity index (χ4n) is 2.79. The Morgan fingerprint density at radius 3 is 2.57 bits per heavy atom. The van der Waals surface area contributed by atoms with Gasteiger partial charge >= 0.3 is 6.09 Å². The zero-order valence-electron chi connectivity index (χ0n) is 13.3. The summed E-state index contributed by atoms with van der Waals surface area (Å²) in [5.74, 6) is 0.0879. The van der Waals surface area contributed by atoms with Crippen molar-refractivity contribution in [2.24, 2.45) is 0 Å². The number of piperidine rings is 1. The van der Waals surface area contributed by atoms with Gasteiger partial charge in [0.1, 0.15) is 5.60 Å². The number of aliphatic hydroxyl groups excluding tert-OH is 1. The largest absolute Gasteiger partial charge is 0.444 e. The van der Waals surface area contributed by atoms with Gasteiger partial charge in [0.15, 0.2) is 0 Å². The summed E-state index contributed by atoms with van der Waals surface area (Å²) in [7, 11) is 0. The van der Waals surface area contributed by atoms with E-state index in [1.54, 1.807) is 4.90 Å². The van der Waals surface area contributed by atoms with Crippen molar-refractivity contribution in [2.75, 3.05) is 13.1 Å². The lowest BCUT2D eigenvalue weighted by atomic mass is 9.85. The normalized spacial score (nSPS) is 23.0. The Bertz CT molecular complexity index is 507. The van der Waals surface area contributed by atoms with Crippen LogP contribution in [0.4, 0.5) is 4.79 Å². The van der Waals surface area contributed by atoms with Crippen LogP contribution in [0.25, 0.3) is 0 Å². The summed E-state index contributed by atoms with van der Waals surface area (Å²) in [5, 5.41) is 10.4. The Morgan fingerprint density at radius 1 is 1.33 bits per heavy atom. The van der Waals surface area contributed by atoms with E-state index in [0.717, 1.165) is 6.42 Å². The van der Waals surface area contributed by atoms with E-state index >= 15 is 0 Å². The number of carbonyl (C=O) groups excluding carboxylic acids is 1. The van der Waals surface area contributed by atoms with E-state index in [1.807, 2.05) is 32.9 Å². The number of rotatable bonds is 1. The first kappa shape index (κ1) is 15.8. The van der Waals surface area contributed by atoms with Gasteiger partial charge in [-0.05, 0) is 45.2 Å². The maximum atomic E-state index is 12.1. The minimum absolute atomic E-state index is 0.0879. The molecule has 0 spiro atoms. The van der Waals surface area contributed by atoms with Crippen molar-refractivity contribution in [1.29, 1.82) is 0 Å². The van der Waals surface area contributed by atoms with Gasteiger partial charge in [-0.1, -0.05) is 24.3 Å². The number of aryl methyl sites for hydroxylation is 1. The molecule has 1 amide bonds. The number of carbonyl (C=O) groups is 1. The Balaban J connectivity index is 2.03. The van der Waals surface area contributed by atoms with E-state index in [9.17, 15) is 9.90 Å². The summed E-state index contributed by atoms with van der Waals surface area (Å²) in [5.41, 5.74) is 1.86. The highest BCUT2D eigenvalue weighted by atomic mass is 16.6. The van der Waals surface area contributed by atoms with Crippen LogP contribution in [0, 0.1) is 6.92 Å². The van der Waals surface area contributed by atoms with Gasteiger partial charge in [-0.25, -0.2) is 4.79 Å². The Labute approximate surface area is 126 Å². The summed E-state index contributed by atoms with van der Waals surface area (Å²) in [6.07, 6.45) is -0.136. The van der Waals surface area contributed by atoms with E-state index in [4.69, 9.17) is 4.74 Å². The highest BCUT2D eigenvalue weighted by molar-refractivity contribution is 5.68. The summed E-state index contributed by atoms with van der Waals surface area (Å²) in [4.78, 5) is 13.7. The number of benzene rings is 1. The lowest BCUT2D eigenvalue weighted by Gasteiger charge is -2.37. The summed E-state index contributed by atoms with van der Waals surface area (Å²) in [6.45, 7) is 8.55. The van der Waals surface area contributed by atoms with Crippen molar-refractivity contribution in [1.82, 2.24) is 4.90 Å². The number of nitrogens with zero attached hydrogens (tertiary/aromatic N) is 1. The smallest absolute Gasteiger partial charge is 0.410 e. The van der Waals surface area contributed by atoms with Crippen molar-refractivity contribution >= 4 is 6.09 Å². The molecule has 0 aliphatic carbocycles. The molecule has 1 aromatic carbocycles. The highest BCUT2D eigenvalue weighted by Gasteiger charge is 2.33. The number of ether oxygens (including phenoxy) is 1. The Morgan fingerprint density at radius 2 is 2.00 bits per heavy atom. The molecule has 2 atom stereocenters. The molecule has 1 aliphatic rings. The second kappa shape index (κ2) is 6.06. The molecule has 4 heteroatoms. The third kappa shape index (κ3) is 3.97. The molecule has 1 heterocycles. The van der Waals surface area contributed by atoms with Crippen molar-refractivity contribution in [3.8, 4) is 0 Å². The molecule has 0 aromatic heterocycles.